The van der Waals surface area contributed by atoms with Crippen LogP contribution in [0.3, 0.4) is 0 Å². The summed E-state index contributed by atoms with van der Waals surface area (Å²) in [6.07, 6.45) is 1.33. The Bertz CT molecular complexity index is 257. The third-order valence-corrected chi connectivity index (χ3v) is 3.10. The summed E-state index contributed by atoms with van der Waals surface area (Å²) in [5.41, 5.74) is -0.777. The lowest BCUT2D eigenvalue weighted by Gasteiger charge is -2.17. The van der Waals surface area contributed by atoms with Gasteiger partial charge < -0.3 is 10.6 Å². The van der Waals surface area contributed by atoms with Gasteiger partial charge in [-0.2, -0.15) is 0 Å². The van der Waals surface area contributed by atoms with Crippen LogP contribution in [-0.2, 0) is 0 Å². The predicted molar refractivity (Wildman–Crippen MR) is 55.2 cm³/mol. The third-order valence-electron chi connectivity index (χ3n) is 3.10. The molecule has 2 saturated carbocycles. The molecule has 2 fully saturated rings. The summed E-state index contributed by atoms with van der Waals surface area (Å²) in [5.74, 6) is 0.657. The summed E-state index contributed by atoms with van der Waals surface area (Å²) >= 11 is 0. The molecule has 2 N–H and O–H groups in total. The fourth-order valence-electron chi connectivity index (χ4n) is 1.51. The molecule has 0 radical (unpaired) electrons. The molecule has 86 valence electrons. The van der Waals surface area contributed by atoms with Gasteiger partial charge in [-0.05, 0) is 25.7 Å². The van der Waals surface area contributed by atoms with E-state index in [0.29, 0.717) is 31.4 Å². The summed E-state index contributed by atoms with van der Waals surface area (Å²) in [6, 6.07) is 0.498. The number of halogens is 2. The lowest BCUT2D eigenvalue weighted by molar-refractivity contribution is 0.0638. The minimum Gasteiger partial charge on any atom is -0.356 e. The van der Waals surface area contributed by atoms with Crippen LogP contribution >= 0.6 is 0 Å². The number of hydrogen-bond donors (Lipinski definition) is 2. The van der Waals surface area contributed by atoms with Crippen molar-refractivity contribution in [2.24, 2.45) is 10.4 Å². The number of aliphatic imine (C=N–C) groups is 1. The Hall–Kier alpha value is -0.870. The van der Waals surface area contributed by atoms with Gasteiger partial charge in [0, 0.05) is 25.0 Å². The second kappa shape index (κ2) is 3.94. The Morgan fingerprint density at radius 2 is 2.13 bits per heavy atom. The van der Waals surface area contributed by atoms with Crippen LogP contribution in [-0.4, -0.2) is 32.0 Å². The van der Waals surface area contributed by atoms with Gasteiger partial charge in [-0.25, -0.2) is 8.78 Å². The second-order valence-electron chi connectivity index (χ2n) is 4.51. The normalized spacial score (nSPS) is 24.1. The van der Waals surface area contributed by atoms with E-state index in [1.165, 1.54) is 0 Å². The quantitative estimate of drug-likeness (QED) is 0.551. The number of nitrogens with zero attached hydrogens (tertiary/aromatic N) is 1. The third kappa shape index (κ3) is 2.58. The first-order chi connectivity index (χ1) is 7.16. The summed E-state index contributed by atoms with van der Waals surface area (Å²) in [6.45, 7) is 0.330. The number of rotatable bonds is 4. The van der Waals surface area contributed by atoms with Gasteiger partial charge in [0.1, 0.15) is 0 Å². The fourth-order valence-corrected chi connectivity index (χ4v) is 1.51. The standard InChI is InChI=1S/C10H17F2N3/c1-13-9(15-7-2-3-7)14-6-10(4-5-10)8(11)12/h7-8H,2-6H2,1H3,(H2,13,14,15). The zero-order valence-electron chi connectivity index (χ0n) is 8.89. The molecule has 0 aliphatic heterocycles. The molecule has 0 saturated heterocycles. The van der Waals surface area contributed by atoms with Gasteiger partial charge >= 0.3 is 0 Å². The molecule has 2 aliphatic rings. The Kier molecular flexibility index (Phi) is 2.80. The highest BCUT2D eigenvalue weighted by Gasteiger charge is 2.50. The summed E-state index contributed by atoms with van der Waals surface area (Å²) in [7, 11) is 1.67. The van der Waals surface area contributed by atoms with Crippen molar-refractivity contribution in [3.05, 3.63) is 0 Å². The molecule has 0 aromatic heterocycles. The minimum absolute atomic E-state index is 0.330. The van der Waals surface area contributed by atoms with Crippen LogP contribution in [0.1, 0.15) is 25.7 Å². The molecule has 3 nitrogen and oxygen atoms in total. The van der Waals surface area contributed by atoms with Crippen LogP contribution in [0.5, 0.6) is 0 Å². The Balaban J connectivity index is 1.75. The molecule has 0 aromatic rings. The molecule has 0 amide bonds. The summed E-state index contributed by atoms with van der Waals surface area (Å²) in [4.78, 5) is 4.01. The Morgan fingerprint density at radius 3 is 2.53 bits per heavy atom. The van der Waals surface area contributed by atoms with E-state index < -0.39 is 11.8 Å². The van der Waals surface area contributed by atoms with Gasteiger partial charge in [-0.1, -0.05) is 0 Å². The molecule has 5 heteroatoms. The molecular weight excluding hydrogens is 200 g/mol. The molecule has 0 spiro atoms. The highest BCUT2D eigenvalue weighted by molar-refractivity contribution is 5.80. The van der Waals surface area contributed by atoms with Crippen LogP contribution in [0.4, 0.5) is 8.78 Å². The summed E-state index contributed by atoms with van der Waals surface area (Å²) in [5, 5.41) is 6.16. The second-order valence-corrected chi connectivity index (χ2v) is 4.51. The number of guanidine groups is 1. The fraction of sp³-hybridized carbons (Fsp3) is 0.900. The lowest BCUT2D eigenvalue weighted by Crippen LogP contribution is -2.42. The lowest BCUT2D eigenvalue weighted by atomic mass is 10.1. The van der Waals surface area contributed by atoms with Crippen LogP contribution in [0.15, 0.2) is 4.99 Å². The first-order valence-electron chi connectivity index (χ1n) is 5.42. The molecule has 0 unspecified atom stereocenters. The monoisotopic (exact) mass is 217 g/mol. The van der Waals surface area contributed by atoms with Crippen molar-refractivity contribution in [3.63, 3.8) is 0 Å². The van der Waals surface area contributed by atoms with Gasteiger partial charge in [-0.15, -0.1) is 0 Å². The van der Waals surface area contributed by atoms with E-state index in [2.05, 4.69) is 15.6 Å². The van der Waals surface area contributed by atoms with E-state index in [1.54, 1.807) is 7.05 Å². The summed E-state index contributed by atoms with van der Waals surface area (Å²) < 4.78 is 25.2. The zero-order valence-corrected chi connectivity index (χ0v) is 8.89. The van der Waals surface area contributed by atoms with Gasteiger partial charge in [-0.3, -0.25) is 4.99 Å². The van der Waals surface area contributed by atoms with E-state index in [0.717, 1.165) is 12.8 Å². The average Bonchev–Trinajstić information content (AvgIpc) is 3.07. The van der Waals surface area contributed by atoms with E-state index in [9.17, 15) is 8.78 Å². The maximum absolute atomic E-state index is 12.6. The molecule has 0 bridgehead atoms. The molecular formula is C10H17F2N3. The van der Waals surface area contributed by atoms with Crippen molar-refractivity contribution in [2.75, 3.05) is 13.6 Å². The molecule has 0 aromatic carbocycles. The van der Waals surface area contributed by atoms with Crippen molar-refractivity contribution < 1.29 is 8.78 Å². The van der Waals surface area contributed by atoms with Crippen molar-refractivity contribution in [3.8, 4) is 0 Å². The largest absolute Gasteiger partial charge is 0.356 e. The van der Waals surface area contributed by atoms with Crippen LogP contribution in [0.2, 0.25) is 0 Å². The zero-order chi connectivity index (χ0) is 10.9. The van der Waals surface area contributed by atoms with Crippen LogP contribution in [0.25, 0.3) is 0 Å². The smallest absolute Gasteiger partial charge is 0.245 e. The molecule has 0 atom stereocenters. The van der Waals surface area contributed by atoms with Crippen LogP contribution < -0.4 is 10.6 Å². The molecule has 2 rings (SSSR count). The van der Waals surface area contributed by atoms with E-state index in [4.69, 9.17) is 0 Å². The first kappa shape index (κ1) is 10.6. The number of alkyl halides is 2. The van der Waals surface area contributed by atoms with E-state index >= 15 is 0 Å². The van der Waals surface area contributed by atoms with Crippen molar-refractivity contribution in [1.82, 2.24) is 10.6 Å². The topological polar surface area (TPSA) is 36.4 Å². The van der Waals surface area contributed by atoms with Gasteiger partial charge in [0.25, 0.3) is 0 Å². The SMILES string of the molecule is CN=C(NCC1(C(F)F)CC1)NC1CC1. The molecule has 15 heavy (non-hydrogen) atoms. The number of hydrogen-bond acceptors (Lipinski definition) is 1. The van der Waals surface area contributed by atoms with Crippen molar-refractivity contribution in [2.45, 2.75) is 38.2 Å². The van der Waals surface area contributed by atoms with E-state index in [1.807, 2.05) is 0 Å². The first-order valence-corrected chi connectivity index (χ1v) is 5.42. The number of nitrogens with one attached hydrogen (secondary N) is 2. The van der Waals surface area contributed by atoms with Gasteiger partial charge in [0.05, 0.1) is 0 Å². The Morgan fingerprint density at radius 1 is 1.47 bits per heavy atom. The maximum Gasteiger partial charge on any atom is 0.245 e. The predicted octanol–water partition coefficient (Wildman–Crippen LogP) is 1.36. The van der Waals surface area contributed by atoms with Crippen molar-refractivity contribution >= 4 is 5.96 Å². The minimum atomic E-state index is -2.22. The van der Waals surface area contributed by atoms with E-state index in [-0.39, 0.29) is 0 Å². The van der Waals surface area contributed by atoms with Crippen LogP contribution in [0, 0.1) is 5.41 Å². The molecule has 2 aliphatic carbocycles. The maximum atomic E-state index is 12.6. The molecule has 0 heterocycles. The highest BCUT2D eigenvalue weighted by atomic mass is 19.3. The van der Waals surface area contributed by atoms with Gasteiger partial charge in [0.2, 0.25) is 6.43 Å². The highest BCUT2D eigenvalue weighted by Crippen LogP contribution is 2.50. The average molecular weight is 217 g/mol. The van der Waals surface area contributed by atoms with Gasteiger partial charge in [0.15, 0.2) is 5.96 Å². The Labute approximate surface area is 88.3 Å². The van der Waals surface area contributed by atoms with Crippen molar-refractivity contribution in [1.29, 1.82) is 0 Å².